The van der Waals surface area contributed by atoms with Gasteiger partial charge in [0.15, 0.2) is 5.65 Å². The molecular formula is C40H25N7. The van der Waals surface area contributed by atoms with Crippen LogP contribution in [0.3, 0.4) is 0 Å². The van der Waals surface area contributed by atoms with Crippen molar-refractivity contribution in [2.24, 2.45) is 0 Å². The maximum absolute atomic E-state index is 5.38. The molecule has 0 aliphatic carbocycles. The zero-order chi connectivity index (χ0) is 30.6. The molecule has 0 fully saturated rings. The van der Waals surface area contributed by atoms with Crippen LogP contribution in [-0.2, 0) is 0 Å². The number of para-hydroxylation sites is 7. The molecule has 5 aromatic heterocycles. The smallest absolute Gasteiger partial charge is 0.221 e. The van der Waals surface area contributed by atoms with Crippen LogP contribution in [0.15, 0.2) is 152 Å². The Labute approximate surface area is 267 Å². The van der Waals surface area contributed by atoms with Gasteiger partial charge in [0.2, 0.25) is 11.6 Å². The van der Waals surface area contributed by atoms with Crippen molar-refractivity contribution in [3.05, 3.63) is 152 Å². The monoisotopic (exact) mass is 603 g/mol. The van der Waals surface area contributed by atoms with Gasteiger partial charge in [-0.2, -0.15) is 0 Å². The fourth-order valence-electron chi connectivity index (χ4n) is 7.54. The highest BCUT2D eigenvalue weighted by atomic mass is 15.3. The van der Waals surface area contributed by atoms with Crippen molar-refractivity contribution >= 4 is 66.7 Å². The van der Waals surface area contributed by atoms with Crippen molar-refractivity contribution in [1.29, 1.82) is 0 Å². The third-order valence-corrected chi connectivity index (χ3v) is 9.48. The number of aromatic nitrogens is 7. The predicted octanol–water partition coefficient (Wildman–Crippen LogP) is 9.12. The number of fused-ring (bicyclic) bond motifs is 12. The Morgan fingerprint density at radius 3 is 1.68 bits per heavy atom. The van der Waals surface area contributed by atoms with Gasteiger partial charge in [0.1, 0.15) is 5.52 Å². The van der Waals surface area contributed by atoms with Crippen LogP contribution in [-0.4, -0.2) is 32.5 Å². The zero-order valence-electron chi connectivity index (χ0n) is 25.1. The third-order valence-electron chi connectivity index (χ3n) is 9.48. The first-order valence-electron chi connectivity index (χ1n) is 15.8. The first-order chi connectivity index (χ1) is 23.3. The summed E-state index contributed by atoms with van der Waals surface area (Å²) in [5, 5.41) is 1.12. The lowest BCUT2D eigenvalue weighted by molar-refractivity contribution is 1.08. The van der Waals surface area contributed by atoms with E-state index in [1.165, 1.54) is 0 Å². The van der Waals surface area contributed by atoms with E-state index in [4.69, 9.17) is 9.97 Å². The van der Waals surface area contributed by atoms with E-state index in [1.807, 2.05) is 0 Å². The van der Waals surface area contributed by atoms with Crippen LogP contribution in [0.2, 0.25) is 0 Å². The van der Waals surface area contributed by atoms with E-state index in [0.29, 0.717) is 0 Å². The van der Waals surface area contributed by atoms with E-state index in [2.05, 4.69) is 174 Å². The Morgan fingerprint density at radius 2 is 0.936 bits per heavy atom. The van der Waals surface area contributed by atoms with Gasteiger partial charge in [0.25, 0.3) is 0 Å². The molecule has 7 heteroatoms. The normalized spacial score (nSPS) is 12.3. The summed E-state index contributed by atoms with van der Waals surface area (Å²) in [4.78, 5) is 10.5. The zero-order valence-corrected chi connectivity index (χ0v) is 25.1. The second-order valence-corrected chi connectivity index (χ2v) is 12.0. The molecule has 11 rings (SSSR count). The Kier molecular flexibility index (Phi) is 4.72. The lowest BCUT2D eigenvalue weighted by atomic mass is 10.2. The molecule has 11 aromatic rings. The minimum absolute atomic E-state index is 0.890. The van der Waals surface area contributed by atoms with Crippen LogP contribution < -0.4 is 0 Å². The van der Waals surface area contributed by atoms with E-state index in [1.54, 1.807) is 0 Å². The molecule has 47 heavy (non-hydrogen) atoms. The second kappa shape index (κ2) is 8.99. The third kappa shape index (κ3) is 3.19. The SMILES string of the molecule is c1ccc(-n2c3ccc(-n4c5ccccc5c5nc6n(-c7ccccc7)c7ccccc7n6c54)cc3n3c4ccccc4nc23)cc1. The summed E-state index contributed by atoms with van der Waals surface area (Å²) in [5.74, 6) is 1.78. The molecule has 5 heterocycles. The Bertz CT molecular complexity index is 3010. The highest BCUT2D eigenvalue weighted by molar-refractivity contribution is 6.09. The van der Waals surface area contributed by atoms with Gasteiger partial charge >= 0.3 is 0 Å². The van der Waals surface area contributed by atoms with Crippen molar-refractivity contribution in [3.63, 3.8) is 0 Å². The van der Waals surface area contributed by atoms with E-state index >= 15 is 0 Å². The number of hydrogen-bond acceptors (Lipinski definition) is 2. The van der Waals surface area contributed by atoms with Crippen molar-refractivity contribution in [3.8, 4) is 17.1 Å². The van der Waals surface area contributed by atoms with Gasteiger partial charge in [-0.3, -0.25) is 22.5 Å². The quantitative estimate of drug-likeness (QED) is 0.202. The molecular weight excluding hydrogens is 578 g/mol. The van der Waals surface area contributed by atoms with Gasteiger partial charge in [-0.1, -0.05) is 78.9 Å². The molecule has 0 saturated carbocycles. The number of imidazole rings is 4. The van der Waals surface area contributed by atoms with Crippen molar-refractivity contribution in [2.75, 3.05) is 0 Å². The maximum atomic E-state index is 5.38. The van der Waals surface area contributed by atoms with Crippen LogP contribution in [0, 0.1) is 0 Å². The van der Waals surface area contributed by atoms with Crippen molar-refractivity contribution < 1.29 is 0 Å². The predicted molar refractivity (Wildman–Crippen MR) is 189 cm³/mol. The first kappa shape index (κ1) is 24.7. The van der Waals surface area contributed by atoms with Gasteiger partial charge < -0.3 is 0 Å². The van der Waals surface area contributed by atoms with Gasteiger partial charge in [-0.25, -0.2) is 9.97 Å². The molecule has 0 unspecified atom stereocenters. The van der Waals surface area contributed by atoms with Crippen molar-refractivity contribution in [2.45, 2.75) is 0 Å². The average molecular weight is 604 g/mol. The molecule has 7 nitrogen and oxygen atoms in total. The number of nitrogens with zero attached hydrogens (tertiary/aromatic N) is 7. The molecule has 0 radical (unpaired) electrons. The fraction of sp³-hybridized carbons (Fsp3) is 0. The Hall–Kier alpha value is -6.60. The van der Waals surface area contributed by atoms with Crippen molar-refractivity contribution in [1.82, 2.24) is 32.5 Å². The summed E-state index contributed by atoms with van der Waals surface area (Å²) in [6.07, 6.45) is 0. The molecule has 6 aromatic carbocycles. The van der Waals surface area contributed by atoms with E-state index in [-0.39, 0.29) is 0 Å². The lowest BCUT2D eigenvalue weighted by Gasteiger charge is -2.09. The van der Waals surface area contributed by atoms with E-state index in [9.17, 15) is 0 Å². The van der Waals surface area contributed by atoms with Crippen LogP contribution in [0.1, 0.15) is 0 Å². The minimum atomic E-state index is 0.890. The van der Waals surface area contributed by atoms with Crippen LogP contribution in [0.25, 0.3) is 83.8 Å². The summed E-state index contributed by atoms with van der Waals surface area (Å²) in [7, 11) is 0. The number of rotatable bonds is 3. The molecule has 0 bridgehead atoms. The topological polar surface area (TPSA) is 49.4 Å². The van der Waals surface area contributed by atoms with Gasteiger partial charge in [0.05, 0.1) is 38.6 Å². The minimum Gasteiger partial charge on any atom is -0.293 e. The average Bonchev–Trinajstić information content (AvgIpc) is 3.91. The largest absolute Gasteiger partial charge is 0.293 e. The standard InChI is InChI=1S/C40H25N7/c1-3-13-26(14-4-1)44-33-21-11-12-22-34(33)47-38-37(42-40(44)47)29-17-7-9-19-31(29)43(38)28-23-24-35-36(25-28)46-32-20-10-8-18-30(32)41-39(46)45(35)27-15-5-2-6-16-27/h1-25H. The first-order valence-corrected chi connectivity index (χ1v) is 15.8. The molecule has 0 N–H and O–H groups in total. The summed E-state index contributed by atoms with van der Waals surface area (Å²) in [6, 6.07) is 53.3. The Morgan fingerprint density at radius 1 is 0.362 bits per heavy atom. The van der Waals surface area contributed by atoms with Crippen LogP contribution in [0.4, 0.5) is 0 Å². The highest BCUT2D eigenvalue weighted by Crippen LogP contribution is 2.38. The molecule has 0 spiro atoms. The summed E-state index contributed by atoms with van der Waals surface area (Å²) >= 11 is 0. The lowest BCUT2D eigenvalue weighted by Crippen LogP contribution is -1.98. The van der Waals surface area contributed by atoms with E-state index in [0.717, 1.165) is 83.8 Å². The summed E-state index contributed by atoms with van der Waals surface area (Å²) < 4.78 is 11.5. The highest BCUT2D eigenvalue weighted by Gasteiger charge is 2.24. The van der Waals surface area contributed by atoms with Gasteiger partial charge in [-0.05, 0) is 72.8 Å². The molecule has 0 saturated heterocycles. The maximum Gasteiger partial charge on any atom is 0.221 e. The van der Waals surface area contributed by atoms with Gasteiger partial charge in [0, 0.05) is 22.4 Å². The van der Waals surface area contributed by atoms with Gasteiger partial charge in [-0.15, -0.1) is 0 Å². The molecule has 0 atom stereocenters. The van der Waals surface area contributed by atoms with Crippen LogP contribution >= 0.6 is 0 Å². The molecule has 0 amide bonds. The fourth-order valence-corrected chi connectivity index (χ4v) is 7.54. The van der Waals surface area contributed by atoms with Crippen LogP contribution in [0.5, 0.6) is 0 Å². The molecule has 220 valence electrons. The second-order valence-electron chi connectivity index (χ2n) is 12.0. The summed E-state index contributed by atoms with van der Waals surface area (Å²) in [6.45, 7) is 0. The number of hydrogen-bond donors (Lipinski definition) is 0. The molecule has 0 aliphatic rings. The van der Waals surface area contributed by atoms with E-state index < -0.39 is 0 Å². The molecule has 0 aliphatic heterocycles. The number of benzene rings is 6. The summed E-state index contributed by atoms with van der Waals surface area (Å²) in [5.41, 5.74) is 12.8. The Balaban J connectivity index is 1.29.